The van der Waals surface area contributed by atoms with Crippen LogP contribution in [0.3, 0.4) is 0 Å². The van der Waals surface area contributed by atoms with Crippen LogP contribution in [-0.4, -0.2) is 86.1 Å². The van der Waals surface area contributed by atoms with Crippen LogP contribution in [0.25, 0.3) is 0 Å². The topological polar surface area (TPSA) is 13.0 Å². The summed E-state index contributed by atoms with van der Waals surface area (Å²) in [4.78, 5) is 8.51. The molecular formula is C29H40F6N4. The molecule has 0 amide bonds. The largest absolute Gasteiger partial charge is 0.416 e. The van der Waals surface area contributed by atoms with E-state index in [2.05, 4.69) is 19.6 Å². The number of rotatable bonds is 5. The molecule has 2 aliphatic rings. The fourth-order valence-electron chi connectivity index (χ4n) is 5.05. The number of alkyl halides is 6. The van der Waals surface area contributed by atoms with Gasteiger partial charge in [-0.2, -0.15) is 26.3 Å². The number of hydrogen-bond donors (Lipinski definition) is 0. The number of likely N-dealkylation sites (tertiary alicyclic amines) is 1. The third-order valence-electron chi connectivity index (χ3n) is 7.50. The lowest BCUT2D eigenvalue weighted by molar-refractivity contribution is -0.139. The molecule has 1 atom stereocenters. The summed E-state index contributed by atoms with van der Waals surface area (Å²) in [5, 5.41) is 0. The summed E-state index contributed by atoms with van der Waals surface area (Å²) in [5.74, 6) is 0. The minimum Gasteiger partial charge on any atom is -0.305 e. The van der Waals surface area contributed by atoms with Crippen molar-refractivity contribution in [2.24, 2.45) is 0 Å². The normalized spacial score (nSPS) is 19.8. The van der Waals surface area contributed by atoms with Gasteiger partial charge in [0.2, 0.25) is 0 Å². The zero-order valence-electron chi connectivity index (χ0n) is 23.5. The monoisotopic (exact) mass is 558 g/mol. The molecule has 2 saturated heterocycles. The number of piperazine rings is 1. The van der Waals surface area contributed by atoms with Gasteiger partial charge in [0, 0.05) is 58.4 Å². The predicted octanol–water partition coefficient (Wildman–Crippen LogP) is 5.91. The van der Waals surface area contributed by atoms with Crippen molar-refractivity contribution in [2.75, 3.05) is 60.4 Å². The maximum atomic E-state index is 13.1. The lowest BCUT2D eigenvalue weighted by Crippen LogP contribution is -2.44. The molecule has 0 saturated carbocycles. The van der Waals surface area contributed by atoms with E-state index in [1.807, 2.05) is 21.1 Å². The van der Waals surface area contributed by atoms with Gasteiger partial charge in [0.25, 0.3) is 0 Å². The van der Waals surface area contributed by atoms with E-state index in [0.717, 1.165) is 45.7 Å². The van der Waals surface area contributed by atoms with Crippen LogP contribution >= 0.6 is 0 Å². The molecule has 2 aromatic carbocycles. The first-order valence-corrected chi connectivity index (χ1v) is 13.3. The van der Waals surface area contributed by atoms with Crippen LogP contribution in [0.4, 0.5) is 26.3 Å². The molecule has 0 aromatic heterocycles. The average molecular weight is 559 g/mol. The molecule has 4 nitrogen and oxygen atoms in total. The molecule has 0 radical (unpaired) electrons. The molecule has 1 unspecified atom stereocenters. The van der Waals surface area contributed by atoms with Crippen LogP contribution in [0, 0.1) is 13.8 Å². The van der Waals surface area contributed by atoms with Crippen LogP contribution in [-0.2, 0) is 25.4 Å². The molecular weight excluding hydrogens is 518 g/mol. The van der Waals surface area contributed by atoms with Gasteiger partial charge in [-0.25, -0.2) is 0 Å². The number of aryl methyl sites for hydroxylation is 2. The lowest BCUT2D eigenvalue weighted by atomic mass is 10.0. The second kappa shape index (κ2) is 13.0. The smallest absolute Gasteiger partial charge is 0.305 e. The zero-order valence-corrected chi connectivity index (χ0v) is 23.5. The SMILES string of the molecule is Cc1ccc(CN2CCC(N(C)C)C2)c(C(F)(F)F)c1.Cc1ccc(CN2CCN(C)CC2)c(C(F)(F)F)c1. The Morgan fingerprint density at radius 3 is 1.59 bits per heavy atom. The molecule has 218 valence electrons. The van der Waals surface area contributed by atoms with Crippen LogP contribution in [0.1, 0.15) is 39.8 Å². The average Bonchev–Trinajstić information content (AvgIpc) is 3.31. The summed E-state index contributed by atoms with van der Waals surface area (Å²) in [7, 11) is 6.06. The van der Waals surface area contributed by atoms with Crippen molar-refractivity contribution in [2.45, 2.75) is 51.8 Å². The first kappa shape index (κ1) is 31.4. The molecule has 4 rings (SSSR count). The molecule has 0 spiro atoms. The van der Waals surface area contributed by atoms with Crippen molar-refractivity contribution in [3.05, 3.63) is 69.8 Å². The Hall–Kier alpha value is -2.14. The molecule has 0 bridgehead atoms. The van der Waals surface area contributed by atoms with Crippen molar-refractivity contribution in [3.63, 3.8) is 0 Å². The molecule has 0 aliphatic carbocycles. The van der Waals surface area contributed by atoms with Crippen molar-refractivity contribution >= 4 is 0 Å². The molecule has 2 heterocycles. The Labute approximate surface area is 228 Å². The Morgan fingerprint density at radius 1 is 0.718 bits per heavy atom. The summed E-state index contributed by atoms with van der Waals surface area (Å²) in [6.07, 6.45) is -7.53. The molecule has 2 fully saturated rings. The first-order valence-electron chi connectivity index (χ1n) is 13.3. The molecule has 39 heavy (non-hydrogen) atoms. The van der Waals surface area contributed by atoms with E-state index in [1.54, 1.807) is 38.1 Å². The van der Waals surface area contributed by atoms with E-state index in [9.17, 15) is 26.3 Å². The third-order valence-corrected chi connectivity index (χ3v) is 7.50. The van der Waals surface area contributed by atoms with Crippen molar-refractivity contribution in [3.8, 4) is 0 Å². The highest BCUT2D eigenvalue weighted by Gasteiger charge is 2.35. The van der Waals surface area contributed by atoms with Crippen LogP contribution < -0.4 is 0 Å². The Balaban J connectivity index is 0.000000216. The number of hydrogen-bond acceptors (Lipinski definition) is 4. The summed E-state index contributed by atoms with van der Waals surface area (Å²) in [5.41, 5.74) is 1.06. The molecule has 0 N–H and O–H groups in total. The fraction of sp³-hybridized carbons (Fsp3) is 0.586. The van der Waals surface area contributed by atoms with Crippen molar-refractivity contribution in [1.29, 1.82) is 0 Å². The summed E-state index contributed by atoms with van der Waals surface area (Å²) in [6.45, 7) is 9.28. The van der Waals surface area contributed by atoms with E-state index in [-0.39, 0.29) is 0 Å². The first-order chi connectivity index (χ1) is 18.1. The Bertz CT molecular complexity index is 1070. The highest BCUT2D eigenvalue weighted by molar-refractivity contribution is 5.34. The highest BCUT2D eigenvalue weighted by Crippen LogP contribution is 2.34. The van der Waals surface area contributed by atoms with E-state index < -0.39 is 23.5 Å². The lowest BCUT2D eigenvalue weighted by Gasteiger charge is -2.32. The van der Waals surface area contributed by atoms with E-state index in [0.29, 0.717) is 41.4 Å². The minimum atomic E-state index is -4.28. The van der Waals surface area contributed by atoms with Crippen LogP contribution in [0.15, 0.2) is 36.4 Å². The second-order valence-electron chi connectivity index (χ2n) is 11.0. The van der Waals surface area contributed by atoms with E-state index in [1.165, 1.54) is 12.1 Å². The molecule has 2 aromatic rings. The number of nitrogens with zero attached hydrogens (tertiary/aromatic N) is 4. The van der Waals surface area contributed by atoms with Gasteiger partial charge in [0.1, 0.15) is 0 Å². The summed E-state index contributed by atoms with van der Waals surface area (Å²) >= 11 is 0. The highest BCUT2D eigenvalue weighted by atomic mass is 19.4. The van der Waals surface area contributed by atoms with Gasteiger partial charge in [-0.1, -0.05) is 35.4 Å². The molecule has 10 heteroatoms. The number of halogens is 6. The van der Waals surface area contributed by atoms with Gasteiger partial charge in [-0.3, -0.25) is 9.80 Å². The van der Waals surface area contributed by atoms with E-state index in [4.69, 9.17) is 0 Å². The minimum absolute atomic E-state index is 0.374. The predicted molar refractivity (Wildman–Crippen MR) is 143 cm³/mol. The zero-order chi connectivity index (χ0) is 29.0. The Kier molecular flexibility index (Phi) is 10.5. The molecule has 2 aliphatic heterocycles. The van der Waals surface area contributed by atoms with Gasteiger partial charge in [-0.15, -0.1) is 0 Å². The van der Waals surface area contributed by atoms with Crippen LogP contribution in [0.5, 0.6) is 0 Å². The third kappa shape index (κ3) is 9.20. The van der Waals surface area contributed by atoms with Gasteiger partial charge in [-0.05, 0) is 64.7 Å². The maximum absolute atomic E-state index is 13.1. The fourth-order valence-corrected chi connectivity index (χ4v) is 5.05. The Morgan fingerprint density at radius 2 is 1.18 bits per heavy atom. The van der Waals surface area contributed by atoms with Gasteiger partial charge >= 0.3 is 12.4 Å². The standard InChI is InChI=1S/C15H21F3N2.C14H19F3N2/c1-11-4-5-12(14(8-11)15(16,17)18)9-20-7-6-13(10-20)19(2)3;1-11-3-4-12(13(9-11)14(15,16)17)10-19-7-5-18(2)6-8-19/h4-5,8,13H,6-7,9-10H2,1-3H3;3-4,9H,5-8,10H2,1-2H3. The number of likely N-dealkylation sites (N-methyl/N-ethyl adjacent to an activating group) is 2. The summed E-state index contributed by atoms with van der Waals surface area (Å²) < 4.78 is 78.3. The van der Waals surface area contributed by atoms with Crippen molar-refractivity contribution in [1.82, 2.24) is 19.6 Å². The quantitative estimate of drug-likeness (QED) is 0.423. The van der Waals surface area contributed by atoms with E-state index >= 15 is 0 Å². The maximum Gasteiger partial charge on any atom is 0.416 e. The van der Waals surface area contributed by atoms with Gasteiger partial charge in [0.05, 0.1) is 11.1 Å². The van der Waals surface area contributed by atoms with Gasteiger partial charge in [0.15, 0.2) is 0 Å². The second-order valence-corrected chi connectivity index (χ2v) is 11.0. The summed E-state index contributed by atoms with van der Waals surface area (Å²) in [6, 6.07) is 9.65. The van der Waals surface area contributed by atoms with Crippen LogP contribution in [0.2, 0.25) is 0 Å². The van der Waals surface area contributed by atoms with Crippen molar-refractivity contribution < 1.29 is 26.3 Å². The van der Waals surface area contributed by atoms with Gasteiger partial charge < -0.3 is 9.80 Å². The number of benzene rings is 2.